The van der Waals surface area contributed by atoms with Crippen LogP contribution in [-0.4, -0.2) is 60.4 Å². The second kappa shape index (κ2) is 12.8. The van der Waals surface area contributed by atoms with Crippen LogP contribution in [-0.2, 0) is 20.8 Å². The number of aromatic carboxylic acids is 1. The molecule has 1 heterocycles. The van der Waals surface area contributed by atoms with E-state index in [0.717, 1.165) is 12.3 Å². The molecule has 0 spiro atoms. The fraction of sp³-hybridized carbons (Fsp3) is 0.281. The van der Waals surface area contributed by atoms with E-state index in [0.29, 0.717) is 0 Å². The normalized spacial score (nSPS) is 12.2. The lowest BCUT2D eigenvalue weighted by Crippen LogP contribution is -2.35. The Balaban J connectivity index is 1.58. The summed E-state index contributed by atoms with van der Waals surface area (Å²) in [7, 11) is -2.24. The van der Waals surface area contributed by atoms with Gasteiger partial charge >= 0.3 is 18.2 Å². The second-order valence-electron chi connectivity index (χ2n) is 11.2. The van der Waals surface area contributed by atoms with Crippen molar-refractivity contribution in [1.29, 1.82) is 0 Å². The average Bonchev–Trinajstić information content (AvgIpc) is 2.95. The number of carboxylic acids is 1. The lowest BCUT2D eigenvalue weighted by Gasteiger charge is -2.24. The Hall–Kier alpha value is -4.65. The fourth-order valence-corrected chi connectivity index (χ4v) is 5.87. The SMILES string of the molecule is CN(CCCS(=O)(=O)c1cccc(Oc2cccc(-c3c(C(=O)O)cnc4c(C(F)(F)F)cccc34)c2)c1)C(=O)OC(C)(C)C. The first-order valence-corrected chi connectivity index (χ1v) is 15.4. The predicted molar refractivity (Wildman–Crippen MR) is 161 cm³/mol. The number of alkyl halides is 3. The lowest BCUT2D eigenvalue weighted by molar-refractivity contribution is -0.136. The van der Waals surface area contributed by atoms with Crippen LogP contribution in [0.3, 0.4) is 0 Å². The van der Waals surface area contributed by atoms with Gasteiger partial charge in [0.1, 0.15) is 17.1 Å². The number of nitrogens with zero attached hydrogens (tertiary/aromatic N) is 2. The third-order valence-electron chi connectivity index (χ3n) is 6.57. The van der Waals surface area contributed by atoms with Crippen LogP contribution in [0.4, 0.5) is 18.0 Å². The van der Waals surface area contributed by atoms with Crippen LogP contribution in [0.1, 0.15) is 43.1 Å². The maximum atomic E-state index is 13.7. The van der Waals surface area contributed by atoms with Gasteiger partial charge in [-0.05, 0) is 69.2 Å². The zero-order valence-electron chi connectivity index (χ0n) is 24.9. The Morgan fingerprint density at radius 2 is 1.60 bits per heavy atom. The van der Waals surface area contributed by atoms with E-state index in [2.05, 4.69) is 4.98 Å². The predicted octanol–water partition coefficient (Wildman–Crippen LogP) is 7.44. The van der Waals surface area contributed by atoms with Gasteiger partial charge in [-0.25, -0.2) is 18.0 Å². The summed E-state index contributed by atoms with van der Waals surface area (Å²) in [4.78, 5) is 29.3. The molecule has 13 heteroatoms. The number of ether oxygens (including phenoxy) is 2. The molecule has 0 atom stereocenters. The zero-order chi connectivity index (χ0) is 33.2. The number of para-hydroxylation sites is 1. The topological polar surface area (TPSA) is 123 Å². The number of carboxylic acid groups (broad SMARTS) is 1. The number of rotatable bonds is 9. The number of carbonyl (C=O) groups is 2. The number of hydrogen-bond acceptors (Lipinski definition) is 7. The number of sulfone groups is 1. The van der Waals surface area contributed by atoms with E-state index in [-0.39, 0.29) is 57.2 Å². The number of aromatic nitrogens is 1. The summed E-state index contributed by atoms with van der Waals surface area (Å²) in [5, 5.41) is 9.81. The number of pyridine rings is 1. The van der Waals surface area contributed by atoms with Gasteiger partial charge in [-0.3, -0.25) is 4.98 Å². The Kier molecular flexibility index (Phi) is 9.43. The summed E-state index contributed by atoms with van der Waals surface area (Å²) in [5.41, 5.74) is -2.10. The monoisotopic (exact) mass is 644 g/mol. The average molecular weight is 645 g/mol. The molecule has 0 unspecified atom stereocenters. The van der Waals surface area contributed by atoms with Gasteiger partial charge in [-0.1, -0.05) is 30.3 Å². The fourth-order valence-electron chi connectivity index (χ4n) is 4.55. The van der Waals surface area contributed by atoms with Crippen LogP contribution < -0.4 is 4.74 Å². The van der Waals surface area contributed by atoms with Crippen molar-refractivity contribution < 1.29 is 45.8 Å². The molecule has 0 saturated heterocycles. The second-order valence-corrected chi connectivity index (χ2v) is 13.3. The van der Waals surface area contributed by atoms with Crippen molar-refractivity contribution in [2.24, 2.45) is 0 Å². The molecular weight excluding hydrogens is 613 g/mol. The first-order chi connectivity index (χ1) is 21.0. The quantitative estimate of drug-likeness (QED) is 0.199. The summed E-state index contributed by atoms with van der Waals surface area (Å²) in [6, 6.07) is 15.3. The smallest absolute Gasteiger partial charge is 0.418 e. The molecule has 1 amide bonds. The minimum Gasteiger partial charge on any atom is -0.478 e. The summed E-state index contributed by atoms with van der Waals surface area (Å²) in [6.07, 6.45) is -4.22. The van der Waals surface area contributed by atoms with Gasteiger partial charge in [0.15, 0.2) is 9.84 Å². The number of fused-ring (bicyclic) bond motifs is 1. The molecule has 45 heavy (non-hydrogen) atoms. The Bertz CT molecular complexity index is 1850. The number of amides is 1. The summed E-state index contributed by atoms with van der Waals surface area (Å²) >= 11 is 0. The van der Waals surface area contributed by atoms with Crippen LogP contribution in [0.2, 0.25) is 0 Å². The summed E-state index contributed by atoms with van der Waals surface area (Å²) in [6.45, 7) is 5.35. The molecule has 4 aromatic rings. The van der Waals surface area contributed by atoms with Crippen molar-refractivity contribution in [2.45, 2.75) is 43.9 Å². The van der Waals surface area contributed by atoms with E-state index in [9.17, 15) is 36.3 Å². The van der Waals surface area contributed by atoms with Gasteiger partial charge in [0.25, 0.3) is 0 Å². The van der Waals surface area contributed by atoms with Crippen LogP contribution in [0, 0.1) is 0 Å². The molecule has 0 saturated carbocycles. The molecule has 0 fully saturated rings. The van der Waals surface area contributed by atoms with Gasteiger partial charge < -0.3 is 19.5 Å². The van der Waals surface area contributed by atoms with E-state index in [4.69, 9.17) is 9.47 Å². The van der Waals surface area contributed by atoms with Crippen LogP contribution in [0.25, 0.3) is 22.0 Å². The highest BCUT2D eigenvalue weighted by Crippen LogP contribution is 2.39. The summed E-state index contributed by atoms with van der Waals surface area (Å²) < 4.78 is 78.3. The van der Waals surface area contributed by atoms with Crippen molar-refractivity contribution >= 4 is 32.8 Å². The molecule has 1 aromatic heterocycles. The number of halogens is 3. The number of carbonyl (C=O) groups excluding carboxylic acids is 1. The Morgan fingerprint density at radius 1 is 0.956 bits per heavy atom. The van der Waals surface area contributed by atoms with Crippen molar-refractivity contribution in [1.82, 2.24) is 9.88 Å². The van der Waals surface area contributed by atoms with Gasteiger partial charge in [0.2, 0.25) is 0 Å². The Labute approximate surface area is 258 Å². The van der Waals surface area contributed by atoms with E-state index >= 15 is 0 Å². The molecule has 4 rings (SSSR count). The van der Waals surface area contributed by atoms with Gasteiger partial charge in [0, 0.05) is 30.7 Å². The standard InChI is InChI=1S/C32H31F3N2O7S/c1-31(2,3)44-30(40)37(4)15-8-16-45(41,42)23-12-6-11-22(18-23)43-21-10-5-9-20(17-21)27-24-13-7-14-26(32(33,34)35)28(24)36-19-25(27)29(38)39/h5-7,9-14,17-19H,8,15-16H2,1-4H3,(H,38,39). The van der Waals surface area contributed by atoms with E-state index in [1.54, 1.807) is 26.8 Å². The molecule has 0 aliphatic rings. The largest absolute Gasteiger partial charge is 0.478 e. The minimum absolute atomic E-state index is 0.00715. The molecule has 0 aliphatic heterocycles. The zero-order valence-corrected chi connectivity index (χ0v) is 25.7. The minimum atomic E-state index is -4.71. The van der Waals surface area contributed by atoms with Crippen molar-refractivity contribution in [3.63, 3.8) is 0 Å². The van der Waals surface area contributed by atoms with Crippen molar-refractivity contribution in [2.75, 3.05) is 19.3 Å². The van der Waals surface area contributed by atoms with Gasteiger partial charge in [-0.2, -0.15) is 13.2 Å². The number of benzene rings is 3. The first-order valence-electron chi connectivity index (χ1n) is 13.7. The molecule has 1 N–H and O–H groups in total. The highest BCUT2D eigenvalue weighted by molar-refractivity contribution is 7.91. The van der Waals surface area contributed by atoms with E-state index < -0.39 is 44.8 Å². The highest BCUT2D eigenvalue weighted by Gasteiger charge is 2.34. The van der Waals surface area contributed by atoms with Gasteiger partial charge in [0.05, 0.1) is 27.3 Å². The molecule has 0 bridgehead atoms. The first kappa shape index (κ1) is 33.2. The lowest BCUT2D eigenvalue weighted by atomic mass is 9.94. The molecular formula is C32H31F3N2O7S. The maximum absolute atomic E-state index is 13.7. The van der Waals surface area contributed by atoms with Crippen molar-refractivity contribution in [3.05, 3.63) is 84.1 Å². The van der Waals surface area contributed by atoms with E-state index in [1.807, 2.05) is 0 Å². The van der Waals surface area contributed by atoms with Crippen LogP contribution in [0.5, 0.6) is 11.5 Å². The molecule has 0 aliphatic carbocycles. The maximum Gasteiger partial charge on any atom is 0.418 e. The third kappa shape index (κ3) is 8.09. The molecule has 0 radical (unpaired) electrons. The number of hydrogen-bond donors (Lipinski definition) is 1. The van der Waals surface area contributed by atoms with Gasteiger partial charge in [-0.15, -0.1) is 0 Å². The molecule has 3 aromatic carbocycles. The summed E-state index contributed by atoms with van der Waals surface area (Å²) in [5.74, 6) is -1.27. The molecule has 9 nitrogen and oxygen atoms in total. The van der Waals surface area contributed by atoms with E-state index in [1.165, 1.54) is 66.5 Å². The van der Waals surface area contributed by atoms with Crippen molar-refractivity contribution in [3.8, 4) is 22.6 Å². The highest BCUT2D eigenvalue weighted by atomic mass is 32.2. The van der Waals surface area contributed by atoms with Crippen LogP contribution >= 0.6 is 0 Å². The third-order valence-corrected chi connectivity index (χ3v) is 8.37. The molecule has 238 valence electrons. The Morgan fingerprint density at radius 3 is 2.24 bits per heavy atom. The van der Waals surface area contributed by atoms with Crippen LogP contribution in [0.15, 0.2) is 77.8 Å².